The van der Waals surface area contributed by atoms with Gasteiger partial charge in [0.25, 0.3) is 0 Å². The van der Waals surface area contributed by atoms with Gasteiger partial charge in [0.05, 0.1) is 13.1 Å². The molecule has 120 valence electrons. The zero-order chi connectivity index (χ0) is 16.5. The van der Waals surface area contributed by atoms with Gasteiger partial charge in [0, 0.05) is 10.6 Å². The first-order valence-corrected chi connectivity index (χ1v) is 7.51. The topological polar surface area (TPSA) is 66.8 Å². The van der Waals surface area contributed by atoms with Crippen molar-refractivity contribution in [2.45, 2.75) is 38.7 Å². The van der Waals surface area contributed by atoms with Crippen LogP contribution in [0.25, 0.3) is 0 Å². The number of benzene rings is 1. The molecule has 0 bridgehead atoms. The fourth-order valence-corrected chi connectivity index (χ4v) is 2.50. The molecule has 1 aliphatic rings. The molecule has 0 radical (unpaired) electrons. The summed E-state index contributed by atoms with van der Waals surface area (Å²) < 4.78 is 5.95. The summed E-state index contributed by atoms with van der Waals surface area (Å²) in [4.78, 5) is 23.6. The molecule has 2 rings (SSSR count). The molecule has 0 spiro atoms. The number of carbonyl (C=O) groups is 2. The summed E-state index contributed by atoms with van der Waals surface area (Å²) >= 11 is 6.06. The van der Waals surface area contributed by atoms with Gasteiger partial charge in [-0.15, -0.1) is 0 Å². The summed E-state index contributed by atoms with van der Waals surface area (Å²) in [6, 6.07) is 5.51. The Kier molecular flexibility index (Phi) is 4.66. The summed E-state index contributed by atoms with van der Waals surface area (Å²) in [6.07, 6.45) is -0.582. The SMILES string of the molecule is CC(C)(C)c1cc(Cl)ccc1OC1CN(C(=O)CC(=O)O)C1. The molecule has 0 aliphatic carbocycles. The second-order valence-corrected chi connectivity index (χ2v) is 6.94. The van der Waals surface area contributed by atoms with Crippen molar-refractivity contribution in [2.24, 2.45) is 0 Å². The van der Waals surface area contributed by atoms with E-state index >= 15 is 0 Å². The maximum absolute atomic E-state index is 11.6. The van der Waals surface area contributed by atoms with Gasteiger partial charge in [-0.1, -0.05) is 32.4 Å². The molecule has 1 heterocycles. The maximum Gasteiger partial charge on any atom is 0.312 e. The van der Waals surface area contributed by atoms with Crippen LogP contribution >= 0.6 is 11.6 Å². The Morgan fingerprint density at radius 2 is 2.00 bits per heavy atom. The predicted octanol–water partition coefficient (Wildman–Crippen LogP) is 2.70. The highest BCUT2D eigenvalue weighted by Gasteiger charge is 2.34. The molecule has 6 heteroatoms. The number of hydrogen-bond acceptors (Lipinski definition) is 3. The average molecular weight is 326 g/mol. The Morgan fingerprint density at radius 1 is 1.36 bits per heavy atom. The first kappa shape index (κ1) is 16.6. The number of halogens is 1. The van der Waals surface area contributed by atoms with Gasteiger partial charge >= 0.3 is 5.97 Å². The van der Waals surface area contributed by atoms with E-state index in [2.05, 4.69) is 20.8 Å². The number of hydrogen-bond donors (Lipinski definition) is 1. The standard InChI is InChI=1S/C16H20ClNO4/c1-16(2,3)12-6-10(17)4-5-13(12)22-11-8-18(9-11)14(19)7-15(20)21/h4-6,11H,7-9H2,1-3H3,(H,20,21). The number of likely N-dealkylation sites (tertiary alicyclic amines) is 1. The van der Waals surface area contributed by atoms with Gasteiger partial charge in [-0.2, -0.15) is 0 Å². The van der Waals surface area contributed by atoms with E-state index in [1.165, 1.54) is 4.90 Å². The molecule has 5 nitrogen and oxygen atoms in total. The number of carbonyl (C=O) groups excluding carboxylic acids is 1. The fourth-order valence-electron chi connectivity index (χ4n) is 2.33. The third kappa shape index (κ3) is 3.91. The third-order valence-corrected chi connectivity index (χ3v) is 3.78. The van der Waals surface area contributed by atoms with Crippen molar-refractivity contribution >= 4 is 23.5 Å². The van der Waals surface area contributed by atoms with Crippen LogP contribution in [-0.4, -0.2) is 41.1 Å². The third-order valence-electron chi connectivity index (χ3n) is 3.55. The molecule has 1 aromatic carbocycles. The minimum absolute atomic E-state index is 0.108. The molecule has 1 amide bonds. The lowest BCUT2D eigenvalue weighted by Gasteiger charge is -2.39. The second-order valence-electron chi connectivity index (χ2n) is 6.50. The van der Waals surface area contributed by atoms with Crippen LogP contribution in [0.1, 0.15) is 32.8 Å². The molecule has 1 saturated heterocycles. The molecular weight excluding hydrogens is 306 g/mol. The van der Waals surface area contributed by atoms with Crippen molar-refractivity contribution in [3.8, 4) is 5.75 Å². The van der Waals surface area contributed by atoms with E-state index in [1.807, 2.05) is 12.1 Å². The van der Waals surface area contributed by atoms with Crippen LogP contribution in [0.5, 0.6) is 5.75 Å². The quantitative estimate of drug-likeness (QED) is 0.864. The van der Waals surface area contributed by atoms with Crippen molar-refractivity contribution in [3.05, 3.63) is 28.8 Å². The van der Waals surface area contributed by atoms with Crippen molar-refractivity contribution < 1.29 is 19.4 Å². The Hall–Kier alpha value is -1.75. The lowest BCUT2D eigenvalue weighted by atomic mass is 9.86. The number of carboxylic acids is 1. The van der Waals surface area contributed by atoms with Gasteiger partial charge < -0.3 is 14.7 Å². The Morgan fingerprint density at radius 3 is 2.55 bits per heavy atom. The predicted molar refractivity (Wildman–Crippen MR) is 83.4 cm³/mol. The first-order valence-electron chi connectivity index (χ1n) is 7.13. The summed E-state index contributed by atoms with van der Waals surface area (Å²) in [7, 11) is 0. The second kappa shape index (κ2) is 6.16. The Bertz CT molecular complexity index is 588. The van der Waals surface area contributed by atoms with Crippen LogP contribution in [0, 0.1) is 0 Å². The molecule has 0 saturated carbocycles. The lowest BCUT2D eigenvalue weighted by Crippen LogP contribution is -2.56. The molecule has 0 atom stereocenters. The number of aliphatic carboxylic acids is 1. The largest absolute Gasteiger partial charge is 0.486 e. The molecular formula is C16H20ClNO4. The minimum atomic E-state index is -1.11. The normalized spacial score (nSPS) is 15.4. The van der Waals surface area contributed by atoms with Crippen molar-refractivity contribution in [3.63, 3.8) is 0 Å². The molecule has 0 aromatic heterocycles. The molecule has 1 fully saturated rings. The molecule has 0 unspecified atom stereocenters. The van der Waals surface area contributed by atoms with E-state index < -0.39 is 12.4 Å². The first-order chi connectivity index (χ1) is 10.2. The summed E-state index contributed by atoms with van der Waals surface area (Å²) in [5, 5.41) is 9.27. The smallest absolute Gasteiger partial charge is 0.312 e. The fraction of sp³-hybridized carbons (Fsp3) is 0.500. The lowest BCUT2D eigenvalue weighted by molar-refractivity contribution is -0.148. The van der Waals surface area contributed by atoms with Crippen molar-refractivity contribution in [1.29, 1.82) is 0 Å². The van der Waals surface area contributed by atoms with E-state index in [4.69, 9.17) is 21.4 Å². The van der Waals surface area contributed by atoms with Gasteiger partial charge in [-0.25, -0.2) is 0 Å². The number of amides is 1. The van der Waals surface area contributed by atoms with E-state index in [0.29, 0.717) is 18.1 Å². The maximum atomic E-state index is 11.6. The summed E-state index contributed by atoms with van der Waals surface area (Å²) in [5.74, 6) is -0.728. The van der Waals surface area contributed by atoms with E-state index in [1.54, 1.807) is 6.07 Å². The summed E-state index contributed by atoms with van der Waals surface area (Å²) in [6.45, 7) is 7.07. The van der Waals surface area contributed by atoms with Crippen LogP contribution in [0.15, 0.2) is 18.2 Å². The van der Waals surface area contributed by atoms with Crippen molar-refractivity contribution in [1.82, 2.24) is 4.90 Å². The molecule has 1 aliphatic heterocycles. The number of carboxylic acid groups (broad SMARTS) is 1. The van der Waals surface area contributed by atoms with Crippen LogP contribution in [-0.2, 0) is 15.0 Å². The van der Waals surface area contributed by atoms with Gasteiger partial charge in [0.1, 0.15) is 18.3 Å². The highest BCUT2D eigenvalue weighted by molar-refractivity contribution is 6.30. The molecule has 1 N–H and O–H groups in total. The van der Waals surface area contributed by atoms with Crippen LogP contribution < -0.4 is 4.74 Å². The average Bonchev–Trinajstić information content (AvgIpc) is 2.32. The number of ether oxygens (including phenoxy) is 1. The van der Waals surface area contributed by atoms with Gasteiger partial charge in [0.15, 0.2) is 0 Å². The van der Waals surface area contributed by atoms with Gasteiger partial charge in [-0.3, -0.25) is 9.59 Å². The Labute approximate surface area is 134 Å². The number of nitrogens with zero attached hydrogens (tertiary/aromatic N) is 1. The Balaban J connectivity index is 2.00. The van der Waals surface area contributed by atoms with Crippen LogP contribution in [0.3, 0.4) is 0 Å². The van der Waals surface area contributed by atoms with Crippen LogP contribution in [0.2, 0.25) is 5.02 Å². The zero-order valence-electron chi connectivity index (χ0n) is 12.9. The number of rotatable bonds is 4. The molecule has 22 heavy (non-hydrogen) atoms. The van der Waals surface area contributed by atoms with E-state index in [0.717, 1.165) is 11.3 Å². The summed E-state index contributed by atoms with van der Waals surface area (Å²) in [5.41, 5.74) is 0.901. The van der Waals surface area contributed by atoms with E-state index in [9.17, 15) is 9.59 Å². The zero-order valence-corrected chi connectivity index (χ0v) is 13.7. The highest BCUT2D eigenvalue weighted by Crippen LogP contribution is 2.34. The molecule has 1 aromatic rings. The minimum Gasteiger partial charge on any atom is -0.486 e. The monoisotopic (exact) mass is 325 g/mol. The van der Waals surface area contributed by atoms with E-state index in [-0.39, 0.29) is 17.4 Å². The van der Waals surface area contributed by atoms with Crippen molar-refractivity contribution in [2.75, 3.05) is 13.1 Å². The van der Waals surface area contributed by atoms with Gasteiger partial charge in [0.2, 0.25) is 5.91 Å². The highest BCUT2D eigenvalue weighted by atomic mass is 35.5. The van der Waals surface area contributed by atoms with Gasteiger partial charge in [-0.05, 0) is 23.6 Å². The van der Waals surface area contributed by atoms with Crippen LogP contribution in [0.4, 0.5) is 0 Å².